The molecule has 1 aromatic carbocycles. The van der Waals surface area contributed by atoms with Crippen LogP contribution in [0.3, 0.4) is 0 Å². The number of benzene rings is 1. The molecule has 0 saturated carbocycles. The van der Waals surface area contributed by atoms with E-state index in [4.69, 9.17) is 0 Å². The minimum Gasteiger partial charge on any atom is -0.207 e. The molecule has 1 aliphatic rings. The van der Waals surface area contributed by atoms with Crippen molar-refractivity contribution in [3.63, 3.8) is 0 Å². The lowest BCUT2D eigenvalue weighted by atomic mass is 10.2. The van der Waals surface area contributed by atoms with Gasteiger partial charge in [0, 0.05) is 17.6 Å². The summed E-state index contributed by atoms with van der Waals surface area (Å²) >= 11 is 3.33. The predicted molar refractivity (Wildman–Crippen MR) is 71.4 cm³/mol. The van der Waals surface area contributed by atoms with E-state index in [0.29, 0.717) is 23.9 Å². The minimum absolute atomic E-state index is 0.418. The standard InChI is InChI=1S/C12H16BrNO2S/c1-9-5-6-14(8-9)17(15,16)12-7-11(13)4-3-10(12)2/h3-4,7,9H,5-6,8H2,1-2H3. The Hall–Kier alpha value is -0.390. The molecule has 1 aliphatic heterocycles. The van der Waals surface area contributed by atoms with Gasteiger partial charge in [-0.15, -0.1) is 0 Å². The largest absolute Gasteiger partial charge is 0.243 e. The van der Waals surface area contributed by atoms with E-state index in [9.17, 15) is 8.42 Å². The first-order chi connectivity index (χ1) is 7.91. The second-order valence-electron chi connectivity index (χ2n) is 4.67. The fourth-order valence-electron chi connectivity index (χ4n) is 2.10. The van der Waals surface area contributed by atoms with Gasteiger partial charge in [-0.05, 0) is 37.0 Å². The summed E-state index contributed by atoms with van der Waals surface area (Å²) in [5.41, 5.74) is 0.799. The molecule has 1 saturated heterocycles. The summed E-state index contributed by atoms with van der Waals surface area (Å²) in [5, 5.41) is 0. The monoisotopic (exact) mass is 317 g/mol. The highest BCUT2D eigenvalue weighted by Crippen LogP contribution is 2.27. The van der Waals surface area contributed by atoms with Gasteiger partial charge < -0.3 is 0 Å². The molecule has 0 aromatic heterocycles. The van der Waals surface area contributed by atoms with Gasteiger partial charge in [0.15, 0.2) is 0 Å². The van der Waals surface area contributed by atoms with Crippen molar-refractivity contribution in [2.45, 2.75) is 25.2 Å². The molecule has 1 aromatic rings. The minimum atomic E-state index is -3.32. The summed E-state index contributed by atoms with van der Waals surface area (Å²) in [5.74, 6) is 0.456. The fourth-order valence-corrected chi connectivity index (χ4v) is 4.44. The molecule has 0 radical (unpaired) electrons. The first kappa shape index (κ1) is 13.1. The van der Waals surface area contributed by atoms with E-state index >= 15 is 0 Å². The molecule has 1 heterocycles. The van der Waals surface area contributed by atoms with Gasteiger partial charge >= 0.3 is 0 Å². The van der Waals surface area contributed by atoms with E-state index in [0.717, 1.165) is 16.5 Å². The van der Waals surface area contributed by atoms with E-state index in [1.165, 1.54) is 0 Å². The predicted octanol–water partition coefficient (Wildman–Crippen LogP) is 2.79. The molecule has 1 fully saturated rings. The van der Waals surface area contributed by atoms with Crippen LogP contribution in [0.15, 0.2) is 27.6 Å². The number of rotatable bonds is 2. The molecular weight excluding hydrogens is 302 g/mol. The lowest BCUT2D eigenvalue weighted by molar-refractivity contribution is 0.464. The summed E-state index contributed by atoms with van der Waals surface area (Å²) < 4.78 is 27.3. The SMILES string of the molecule is Cc1ccc(Br)cc1S(=O)(=O)N1CCC(C)C1. The van der Waals surface area contributed by atoms with Crippen LogP contribution in [0.25, 0.3) is 0 Å². The Kier molecular flexibility index (Phi) is 3.61. The second-order valence-corrected chi connectivity index (χ2v) is 7.49. The summed E-state index contributed by atoms with van der Waals surface area (Å²) in [6.07, 6.45) is 0.951. The third-order valence-corrected chi connectivity index (χ3v) is 5.65. The van der Waals surface area contributed by atoms with Crippen LogP contribution in [-0.4, -0.2) is 25.8 Å². The van der Waals surface area contributed by atoms with Crippen molar-refractivity contribution in [2.75, 3.05) is 13.1 Å². The highest BCUT2D eigenvalue weighted by Gasteiger charge is 2.31. The van der Waals surface area contributed by atoms with Gasteiger partial charge in [0.05, 0.1) is 4.90 Å². The fraction of sp³-hybridized carbons (Fsp3) is 0.500. The Morgan fingerprint density at radius 2 is 2.12 bits per heavy atom. The average molecular weight is 318 g/mol. The first-order valence-corrected chi connectivity index (χ1v) is 7.91. The van der Waals surface area contributed by atoms with Crippen molar-refractivity contribution < 1.29 is 8.42 Å². The maximum atomic E-state index is 12.5. The number of nitrogens with zero attached hydrogens (tertiary/aromatic N) is 1. The Labute approximate surface area is 111 Å². The van der Waals surface area contributed by atoms with E-state index in [2.05, 4.69) is 22.9 Å². The van der Waals surface area contributed by atoms with Crippen molar-refractivity contribution in [2.24, 2.45) is 5.92 Å². The molecule has 0 bridgehead atoms. The van der Waals surface area contributed by atoms with Gasteiger partial charge in [-0.3, -0.25) is 0 Å². The highest BCUT2D eigenvalue weighted by atomic mass is 79.9. The van der Waals surface area contributed by atoms with Crippen molar-refractivity contribution in [1.29, 1.82) is 0 Å². The number of hydrogen-bond donors (Lipinski definition) is 0. The molecule has 2 rings (SSSR count). The molecule has 5 heteroatoms. The maximum Gasteiger partial charge on any atom is 0.243 e. The Morgan fingerprint density at radius 1 is 1.41 bits per heavy atom. The van der Waals surface area contributed by atoms with E-state index in [1.54, 1.807) is 10.4 Å². The molecule has 94 valence electrons. The van der Waals surface area contributed by atoms with Crippen molar-refractivity contribution in [1.82, 2.24) is 4.31 Å². The topological polar surface area (TPSA) is 37.4 Å². The third-order valence-electron chi connectivity index (χ3n) is 3.15. The van der Waals surface area contributed by atoms with Gasteiger partial charge in [-0.2, -0.15) is 4.31 Å². The van der Waals surface area contributed by atoms with Crippen LogP contribution < -0.4 is 0 Å². The van der Waals surface area contributed by atoms with E-state index in [1.807, 2.05) is 19.1 Å². The quantitative estimate of drug-likeness (QED) is 0.841. The van der Waals surface area contributed by atoms with E-state index < -0.39 is 10.0 Å². The number of halogens is 1. The van der Waals surface area contributed by atoms with Crippen LogP contribution in [0, 0.1) is 12.8 Å². The van der Waals surface area contributed by atoms with Crippen LogP contribution in [0.1, 0.15) is 18.9 Å². The average Bonchev–Trinajstić information content (AvgIpc) is 2.69. The third kappa shape index (κ3) is 2.56. The zero-order valence-electron chi connectivity index (χ0n) is 9.98. The van der Waals surface area contributed by atoms with Crippen molar-refractivity contribution >= 4 is 26.0 Å². The Balaban J connectivity index is 2.41. The zero-order valence-corrected chi connectivity index (χ0v) is 12.4. The molecule has 17 heavy (non-hydrogen) atoms. The van der Waals surface area contributed by atoms with Crippen LogP contribution in [0.4, 0.5) is 0 Å². The molecule has 0 aliphatic carbocycles. The summed E-state index contributed by atoms with van der Waals surface area (Å²) in [4.78, 5) is 0.418. The van der Waals surface area contributed by atoms with Gasteiger partial charge in [-0.1, -0.05) is 28.9 Å². The van der Waals surface area contributed by atoms with Gasteiger partial charge in [0.25, 0.3) is 0 Å². The molecular formula is C12H16BrNO2S. The summed E-state index contributed by atoms with van der Waals surface area (Å²) in [6.45, 7) is 5.19. The van der Waals surface area contributed by atoms with Crippen LogP contribution in [0.5, 0.6) is 0 Å². The molecule has 1 unspecified atom stereocenters. The molecule has 0 amide bonds. The van der Waals surface area contributed by atoms with Crippen LogP contribution >= 0.6 is 15.9 Å². The normalized spacial score (nSPS) is 21.9. The van der Waals surface area contributed by atoms with E-state index in [-0.39, 0.29) is 0 Å². The highest BCUT2D eigenvalue weighted by molar-refractivity contribution is 9.10. The van der Waals surface area contributed by atoms with Crippen molar-refractivity contribution in [3.8, 4) is 0 Å². The van der Waals surface area contributed by atoms with Gasteiger partial charge in [-0.25, -0.2) is 8.42 Å². The Bertz CT molecular complexity index is 527. The smallest absolute Gasteiger partial charge is 0.207 e. The van der Waals surface area contributed by atoms with Crippen LogP contribution in [0.2, 0.25) is 0 Å². The number of hydrogen-bond acceptors (Lipinski definition) is 2. The molecule has 0 N–H and O–H groups in total. The van der Waals surface area contributed by atoms with Gasteiger partial charge in [0.1, 0.15) is 0 Å². The van der Waals surface area contributed by atoms with Gasteiger partial charge in [0.2, 0.25) is 10.0 Å². The Morgan fingerprint density at radius 3 is 2.71 bits per heavy atom. The van der Waals surface area contributed by atoms with Crippen LogP contribution in [-0.2, 0) is 10.0 Å². The summed E-state index contributed by atoms with van der Waals surface area (Å²) in [7, 11) is -3.32. The zero-order chi connectivity index (χ0) is 12.6. The maximum absolute atomic E-state index is 12.5. The summed E-state index contributed by atoms with van der Waals surface area (Å²) in [6, 6.07) is 5.38. The molecule has 1 atom stereocenters. The lowest BCUT2D eigenvalue weighted by Crippen LogP contribution is -2.29. The molecule has 3 nitrogen and oxygen atoms in total. The first-order valence-electron chi connectivity index (χ1n) is 5.67. The second kappa shape index (κ2) is 4.71. The number of aryl methyl sites for hydroxylation is 1. The lowest BCUT2D eigenvalue weighted by Gasteiger charge is -2.17. The molecule has 0 spiro atoms. The number of sulfonamides is 1. The van der Waals surface area contributed by atoms with Crippen molar-refractivity contribution in [3.05, 3.63) is 28.2 Å².